The van der Waals surface area contributed by atoms with Gasteiger partial charge >= 0.3 is 0 Å². The summed E-state index contributed by atoms with van der Waals surface area (Å²) in [5, 5.41) is 47.7. The van der Waals surface area contributed by atoms with Crippen molar-refractivity contribution >= 4 is 0 Å². The number of aryl methyl sites for hydroxylation is 1. The second kappa shape index (κ2) is 8.05. The molecule has 1 heterocycles. The molecule has 0 bridgehead atoms. The van der Waals surface area contributed by atoms with E-state index in [0.29, 0.717) is 12.8 Å². The van der Waals surface area contributed by atoms with E-state index in [-0.39, 0.29) is 11.9 Å². The van der Waals surface area contributed by atoms with Gasteiger partial charge in [-0.25, -0.2) is 0 Å². The number of aliphatic hydroxyl groups is 4. The first-order valence-electron chi connectivity index (χ1n) is 7.66. The monoisotopic (exact) mass is 328 g/mol. The van der Waals surface area contributed by atoms with Crippen molar-refractivity contribution in [3.63, 3.8) is 0 Å². The van der Waals surface area contributed by atoms with Crippen molar-refractivity contribution in [3.8, 4) is 5.75 Å². The fourth-order valence-corrected chi connectivity index (χ4v) is 2.60. The van der Waals surface area contributed by atoms with E-state index in [1.807, 2.05) is 19.1 Å². The molecule has 0 amide bonds. The van der Waals surface area contributed by atoms with Crippen LogP contribution in [0.1, 0.15) is 18.9 Å². The first-order valence-corrected chi connectivity index (χ1v) is 7.66. The van der Waals surface area contributed by atoms with Crippen LogP contribution in [0.4, 0.5) is 0 Å². The molecule has 2 rings (SSSR count). The highest BCUT2D eigenvalue weighted by molar-refractivity contribution is 5.25. The third-order valence-electron chi connectivity index (χ3n) is 4.00. The van der Waals surface area contributed by atoms with Crippen LogP contribution in [0.25, 0.3) is 0 Å². The van der Waals surface area contributed by atoms with E-state index in [9.17, 15) is 25.5 Å². The van der Waals surface area contributed by atoms with Crippen LogP contribution < -0.4 is 0 Å². The first kappa shape index (κ1) is 18.1. The van der Waals surface area contributed by atoms with Crippen LogP contribution in [0.3, 0.4) is 0 Å². The Morgan fingerprint density at radius 2 is 1.78 bits per heavy atom. The second-order valence-corrected chi connectivity index (χ2v) is 5.85. The molecule has 1 fully saturated rings. The van der Waals surface area contributed by atoms with Gasteiger partial charge in [0.1, 0.15) is 30.2 Å². The van der Waals surface area contributed by atoms with Crippen molar-refractivity contribution in [2.24, 2.45) is 0 Å². The predicted molar refractivity (Wildman–Crippen MR) is 80.7 cm³/mol. The third kappa shape index (κ3) is 4.63. The maximum Gasteiger partial charge on any atom is 0.184 e. The van der Waals surface area contributed by atoms with Gasteiger partial charge in [-0.05, 0) is 37.5 Å². The van der Waals surface area contributed by atoms with Gasteiger partial charge in [0.15, 0.2) is 6.29 Å². The maximum atomic E-state index is 10.0. The normalized spacial score (nSPS) is 32.7. The minimum Gasteiger partial charge on any atom is -0.508 e. The molecular weight excluding hydrogens is 304 g/mol. The molecule has 23 heavy (non-hydrogen) atoms. The lowest BCUT2D eigenvalue weighted by molar-refractivity contribution is -0.299. The number of aromatic hydroxyl groups is 1. The van der Waals surface area contributed by atoms with Gasteiger partial charge < -0.3 is 35.0 Å². The van der Waals surface area contributed by atoms with Crippen molar-refractivity contribution in [3.05, 3.63) is 29.8 Å². The Balaban J connectivity index is 1.89. The molecule has 1 aromatic carbocycles. The zero-order chi connectivity index (χ0) is 17.0. The quantitative estimate of drug-likeness (QED) is 0.479. The average Bonchev–Trinajstić information content (AvgIpc) is 2.54. The Morgan fingerprint density at radius 3 is 2.39 bits per heavy atom. The van der Waals surface area contributed by atoms with Crippen molar-refractivity contribution in [1.29, 1.82) is 0 Å². The number of hydrogen-bond donors (Lipinski definition) is 5. The summed E-state index contributed by atoms with van der Waals surface area (Å²) in [6.45, 7) is 1.38. The summed E-state index contributed by atoms with van der Waals surface area (Å²) in [4.78, 5) is 0. The molecule has 0 aromatic heterocycles. The zero-order valence-corrected chi connectivity index (χ0v) is 12.9. The Hall–Kier alpha value is -1.22. The number of benzene rings is 1. The van der Waals surface area contributed by atoms with Gasteiger partial charge in [0.05, 0.1) is 12.7 Å². The summed E-state index contributed by atoms with van der Waals surface area (Å²) >= 11 is 0. The van der Waals surface area contributed by atoms with Gasteiger partial charge in [-0.3, -0.25) is 0 Å². The smallest absolute Gasteiger partial charge is 0.184 e. The molecule has 1 aliphatic heterocycles. The Kier molecular flexibility index (Phi) is 6.34. The van der Waals surface area contributed by atoms with Crippen LogP contribution in [0.5, 0.6) is 5.75 Å². The van der Waals surface area contributed by atoms with Gasteiger partial charge in [0.25, 0.3) is 0 Å². The van der Waals surface area contributed by atoms with E-state index in [2.05, 4.69) is 0 Å². The topological polar surface area (TPSA) is 120 Å². The number of rotatable bonds is 6. The van der Waals surface area contributed by atoms with Gasteiger partial charge in [-0.15, -0.1) is 0 Å². The summed E-state index contributed by atoms with van der Waals surface area (Å²) in [6, 6.07) is 6.85. The zero-order valence-electron chi connectivity index (χ0n) is 12.9. The van der Waals surface area contributed by atoms with Gasteiger partial charge in [-0.1, -0.05) is 12.1 Å². The SMILES string of the molecule is C[C@@H](CCc1ccc(O)cc1)O[C@H]1[C@H](O)[C@@H](O)[C@@H](O)O[C@@H]1CO. The van der Waals surface area contributed by atoms with E-state index >= 15 is 0 Å². The molecule has 0 spiro atoms. The molecule has 1 saturated heterocycles. The lowest BCUT2D eigenvalue weighted by Gasteiger charge is -2.41. The Bertz CT molecular complexity index is 476. The largest absolute Gasteiger partial charge is 0.508 e. The molecule has 0 unspecified atom stereocenters. The molecule has 5 N–H and O–H groups in total. The van der Waals surface area contributed by atoms with Gasteiger partial charge in [-0.2, -0.15) is 0 Å². The molecule has 6 atom stereocenters. The van der Waals surface area contributed by atoms with Gasteiger partial charge in [0, 0.05) is 0 Å². The summed E-state index contributed by atoms with van der Waals surface area (Å²) in [7, 11) is 0. The number of phenolic OH excluding ortho intramolecular Hbond substituents is 1. The van der Waals surface area contributed by atoms with Crippen LogP contribution in [0.15, 0.2) is 24.3 Å². The molecule has 7 nitrogen and oxygen atoms in total. The fourth-order valence-electron chi connectivity index (χ4n) is 2.60. The van der Waals surface area contributed by atoms with Crippen LogP contribution >= 0.6 is 0 Å². The van der Waals surface area contributed by atoms with Gasteiger partial charge in [0.2, 0.25) is 0 Å². The van der Waals surface area contributed by atoms with Crippen molar-refractivity contribution in [1.82, 2.24) is 0 Å². The molecule has 1 aromatic rings. The summed E-state index contributed by atoms with van der Waals surface area (Å²) < 4.78 is 10.8. The Morgan fingerprint density at radius 1 is 1.13 bits per heavy atom. The number of hydrogen-bond acceptors (Lipinski definition) is 7. The number of ether oxygens (including phenoxy) is 2. The molecule has 1 aliphatic rings. The first-order chi connectivity index (χ1) is 10.9. The minimum atomic E-state index is -1.55. The van der Waals surface area contributed by atoms with Crippen LogP contribution in [0, 0.1) is 0 Å². The Labute approximate surface area is 134 Å². The maximum absolute atomic E-state index is 10.0. The van der Waals surface area contributed by atoms with Crippen molar-refractivity contribution in [2.45, 2.75) is 56.6 Å². The molecule has 7 heteroatoms. The molecule has 130 valence electrons. The summed E-state index contributed by atoms with van der Waals surface area (Å²) in [5.41, 5.74) is 1.04. The standard InChI is InChI=1S/C16H24O7/c1-9(2-3-10-4-6-11(18)7-5-10)22-15-12(8-17)23-16(21)14(20)13(15)19/h4-7,9,12-21H,2-3,8H2,1H3/t9-,12+,13+,14+,15+,16-/m0/s1. The number of phenols is 1. The molecule has 0 aliphatic carbocycles. The third-order valence-corrected chi connectivity index (χ3v) is 4.00. The summed E-state index contributed by atoms with van der Waals surface area (Å²) in [5.74, 6) is 0.207. The summed E-state index contributed by atoms with van der Waals surface area (Å²) in [6.07, 6.45) is -5.10. The van der Waals surface area contributed by atoms with E-state index in [0.717, 1.165) is 5.56 Å². The van der Waals surface area contributed by atoms with Crippen molar-refractivity contribution in [2.75, 3.05) is 6.61 Å². The van der Waals surface area contributed by atoms with Crippen molar-refractivity contribution < 1.29 is 35.0 Å². The lowest BCUT2D eigenvalue weighted by atomic mass is 9.98. The molecular formula is C16H24O7. The van der Waals surface area contributed by atoms with E-state index in [4.69, 9.17) is 9.47 Å². The molecule has 0 saturated carbocycles. The van der Waals surface area contributed by atoms with E-state index in [1.54, 1.807) is 12.1 Å². The predicted octanol–water partition coefficient (Wildman–Crippen LogP) is -0.470. The minimum absolute atomic E-state index is 0.207. The highest BCUT2D eigenvalue weighted by Crippen LogP contribution is 2.24. The molecule has 0 radical (unpaired) electrons. The fraction of sp³-hybridized carbons (Fsp3) is 0.625. The van der Waals surface area contributed by atoms with E-state index in [1.165, 1.54) is 0 Å². The van der Waals surface area contributed by atoms with E-state index < -0.39 is 37.3 Å². The van der Waals surface area contributed by atoms with Crippen LogP contribution in [0.2, 0.25) is 0 Å². The second-order valence-electron chi connectivity index (χ2n) is 5.85. The highest BCUT2D eigenvalue weighted by Gasteiger charge is 2.44. The average molecular weight is 328 g/mol. The highest BCUT2D eigenvalue weighted by atomic mass is 16.7. The lowest BCUT2D eigenvalue weighted by Crippen LogP contribution is -2.60. The van der Waals surface area contributed by atoms with Crippen LogP contribution in [-0.4, -0.2) is 68.9 Å². The van der Waals surface area contributed by atoms with Crippen LogP contribution in [-0.2, 0) is 15.9 Å². The number of aliphatic hydroxyl groups excluding tert-OH is 4.